The van der Waals surface area contributed by atoms with E-state index in [1.54, 1.807) is 42.5 Å². The minimum Gasteiger partial charge on any atom is -0.494 e. The van der Waals surface area contributed by atoms with Crippen molar-refractivity contribution >= 4 is 33.9 Å². The highest BCUT2D eigenvalue weighted by Crippen LogP contribution is 2.33. The predicted octanol–water partition coefficient (Wildman–Crippen LogP) is 6.70. The number of aliphatic imine (C=N–C) groups is 1. The van der Waals surface area contributed by atoms with E-state index in [-0.39, 0.29) is 5.88 Å². The molecule has 1 unspecified atom stereocenters. The molecule has 0 saturated carbocycles. The Morgan fingerprint density at radius 2 is 1.57 bits per heavy atom. The first-order valence-corrected chi connectivity index (χ1v) is 14.4. The van der Waals surface area contributed by atoms with Crippen LogP contribution in [-0.2, 0) is 11.3 Å². The molecule has 0 aliphatic carbocycles. The number of aliphatic hydroxyl groups excluding tert-OH is 1. The molecule has 7 heteroatoms. The second-order valence-corrected chi connectivity index (χ2v) is 10.7. The molecule has 7 nitrogen and oxygen atoms in total. The second kappa shape index (κ2) is 12.4. The molecular formula is C35H34N4O3. The van der Waals surface area contributed by atoms with E-state index in [1.165, 1.54) is 24.8 Å². The number of anilines is 1. The van der Waals surface area contributed by atoms with E-state index in [2.05, 4.69) is 27.3 Å². The van der Waals surface area contributed by atoms with Crippen LogP contribution >= 0.6 is 0 Å². The third-order valence-electron chi connectivity index (χ3n) is 7.73. The smallest absolute Gasteiger partial charge is 0.257 e. The first-order valence-electron chi connectivity index (χ1n) is 14.4. The first kappa shape index (κ1) is 27.4. The van der Waals surface area contributed by atoms with Crippen LogP contribution < -0.4 is 5.32 Å². The number of amides is 1. The number of nitrogens with zero attached hydrogens (tertiary/aromatic N) is 2. The molecule has 0 radical (unpaired) electrons. The van der Waals surface area contributed by atoms with Crippen LogP contribution in [0.1, 0.15) is 47.6 Å². The van der Waals surface area contributed by atoms with Gasteiger partial charge in [-0.1, -0.05) is 79.2 Å². The maximum absolute atomic E-state index is 12.8. The van der Waals surface area contributed by atoms with Gasteiger partial charge in [0, 0.05) is 28.7 Å². The van der Waals surface area contributed by atoms with Gasteiger partial charge in [-0.15, -0.1) is 0 Å². The van der Waals surface area contributed by atoms with E-state index in [9.17, 15) is 15.0 Å². The Morgan fingerprint density at radius 3 is 2.29 bits per heavy atom. The zero-order valence-corrected chi connectivity index (χ0v) is 23.3. The number of hydrogen-bond acceptors (Lipinski definition) is 5. The summed E-state index contributed by atoms with van der Waals surface area (Å²) in [4.78, 5) is 23.4. The highest BCUT2D eigenvalue weighted by molar-refractivity contribution is 6.22. The molecular weight excluding hydrogens is 524 g/mol. The molecule has 5 aromatic rings. The molecule has 1 aromatic heterocycles. The van der Waals surface area contributed by atoms with Gasteiger partial charge in [0.15, 0.2) is 12.0 Å². The Morgan fingerprint density at radius 1 is 0.881 bits per heavy atom. The van der Waals surface area contributed by atoms with Crippen molar-refractivity contribution in [1.82, 2.24) is 9.88 Å². The van der Waals surface area contributed by atoms with Crippen molar-refractivity contribution in [3.8, 4) is 5.88 Å². The summed E-state index contributed by atoms with van der Waals surface area (Å²) in [6.07, 6.45) is 2.53. The molecule has 1 saturated heterocycles. The van der Waals surface area contributed by atoms with Gasteiger partial charge in [-0.05, 0) is 67.4 Å². The number of fused-ring (bicyclic) bond motifs is 1. The number of aliphatic hydroxyl groups is 1. The normalized spacial score (nSPS) is 15.0. The quantitative estimate of drug-likeness (QED) is 0.159. The standard InChI is InChI=1S/C35H34N4O3/c40-33(26-12-6-2-7-13-26)35(42)37-28-18-19-30-29(22-28)31(34(41)38-30)32(25-10-4-1-5-11-25)36-27-16-14-24(15-17-27)23-39-20-8-3-9-21-39/h1-2,4-7,10-19,22,33,38,40-41H,3,8-9,20-21,23H2,(H,37,42). The summed E-state index contributed by atoms with van der Waals surface area (Å²) in [6, 6.07) is 32.1. The molecule has 1 atom stereocenters. The van der Waals surface area contributed by atoms with E-state index < -0.39 is 12.0 Å². The fourth-order valence-corrected chi connectivity index (χ4v) is 5.53. The summed E-state index contributed by atoms with van der Waals surface area (Å²) in [5.41, 5.74) is 5.73. The Balaban J connectivity index is 1.33. The van der Waals surface area contributed by atoms with Crippen molar-refractivity contribution in [3.05, 3.63) is 125 Å². The van der Waals surface area contributed by atoms with Crippen LogP contribution in [0, 0.1) is 0 Å². The van der Waals surface area contributed by atoms with Gasteiger partial charge in [-0.3, -0.25) is 9.69 Å². The average Bonchev–Trinajstić information content (AvgIpc) is 3.36. The third kappa shape index (κ3) is 6.12. The van der Waals surface area contributed by atoms with Crippen LogP contribution in [0.25, 0.3) is 10.9 Å². The van der Waals surface area contributed by atoms with Crippen molar-refractivity contribution in [2.45, 2.75) is 31.9 Å². The van der Waals surface area contributed by atoms with Crippen molar-refractivity contribution in [1.29, 1.82) is 0 Å². The summed E-state index contributed by atoms with van der Waals surface area (Å²) in [5, 5.41) is 25.2. The van der Waals surface area contributed by atoms with E-state index in [4.69, 9.17) is 4.99 Å². The SMILES string of the molecule is O=C(Nc1ccc2[nH]c(O)c(C(=Nc3ccc(CN4CCCCC4)cc3)c3ccccc3)c2c1)C(O)c1ccccc1. The first-order chi connectivity index (χ1) is 20.5. The lowest BCUT2D eigenvalue weighted by Gasteiger charge is -2.26. The molecule has 1 aliphatic heterocycles. The minimum absolute atomic E-state index is 0.0119. The molecule has 0 bridgehead atoms. The monoisotopic (exact) mass is 558 g/mol. The van der Waals surface area contributed by atoms with Gasteiger partial charge in [0.25, 0.3) is 5.91 Å². The van der Waals surface area contributed by atoms with Crippen molar-refractivity contribution < 1.29 is 15.0 Å². The molecule has 4 N–H and O–H groups in total. The number of carbonyl (C=O) groups is 1. The van der Waals surface area contributed by atoms with Gasteiger partial charge in [0.05, 0.1) is 17.0 Å². The van der Waals surface area contributed by atoms with Gasteiger partial charge in [0.2, 0.25) is 0 Å². The summed E-state index contributed by atoms with van der Waals surface area (Å²) < 4.78 is 0. The molecule has 0 spiro atoms. The minimum atomic E-state index is -1.31. The lowest BCUT2D eigenvalue weighted by atomic mass is 10.0. The number of hydrogen-bond donors (Lipinski definition) is 4. The van der Waals surface area contributed by atoms with Crippen molar-refractivity contribution in [3.63, 3.8) is 0 Å². The van der Waals surface area contributed by atoms with Gasteiger partial charge in [-0.2, -0.15) is 0 Å². The van der Waals surface area contributed by atoms with Crippen LogP contribution in [0.3, 0.4) is 0 Å². The number of nitrogens with one attached hydrogen (secondary N) is 2. The largest absolute Gasteiger partial charge is 0.494 e. The van der Waals surface area contributed by atoms with Crippen LogP contribution in [0.15, 0.2) is 108 Å². The summed E-state index contributed by atoms with van der Waals surface area (Å²) in [6.45, 7) is 3.23. The highest BCUT2D eigenvalue weighted by Gasteiger charge is 2.21. The zero-order valence-electron chi connectivity index (χ0n) is 23.3. The number of benzene rings is 4. The Bertz CT molecular complexity index is 1690. The average molecular weight is 559 g/mol. The van der Waals surface area contributed by atoms with Gasteiger partial charge < -0.3 is 20.5 Å². The number of carbonyl (C=O) groups excluding carboxylic acids is 1. The zero-order chi connectivity index (χ0) is 28.9. The third-order valence-corrected chi connectivity index (χ3v) is 7.73. The van der Waals surface area contributed by atoms with E-state index in [0.29, 0.717) is 33.4 Å². The predicted molar refractivity (Wildman–Crippen MR) is 167 cm³/mol. The van der Waals surface area contributed by atoms with Crippen LogP contribution in [0.5, 0.6) is 5.88 Å². The number of H-pyrrole nitrogens is 1. The number of aromatic nitrogens is 1. The molecule has 1 amide bonds. The number of aromatic amines is 1. The molecule has 4 aromatic carbocycles. The molecule has 212 valence electrons. The van der Waals surface area contributed by atoms with Crippen molar-refractivity contribution in [2.24, 2.45) is 4.99 Å². The lowest BCUT2D eigenvalue weighted by molar-refractivity contribution is -0.124. The molecule has 1 aliphatic rings. The summed E-state index contributed by atoms with van der Waals surface area (Å²) in [7, 11) is 0. The summed E-state index contributed by atoms with van der Waals surface area (Å²) in [5.74, 6) is -0.550. The lowest BCUT2D eigenvalue weighted by Crippen LogP contribution is -2.28. The maximum atomic E-state index is 12.8. The fourth-order valence-electron chi connectivity index (χ4n) is 5.53. The number of likely N-dealkylation sites (tertiary alicyclic amines) is 1. The van der Waals surface area contributed by atoms with E-state index in [1.807, 2.05) is 48.5 Å². The van der Waals surface area contributed by atoms with Crippen molar-refractivity contribution in [2.75, 3.05) is 18.4 Å². The molecule has 2 heterocycles. The molecule has 6 rings (SSSR count). The second-order valence-electron chi connectivity index (χ2n) is 10.7. The number of rotatable bonds is 8. The summed E-state index contributed by atoms with van der Waals surface area (Å²) >= 11 is 0. The molecule has 1 fully saturated rings. The highest BCUT2D eigenvalue weighted by atomic mass is 16.3. The number of aromatic hydroxyl groups is 1. The Hall–Kier alpha value is -4.72. The van der Waals surface area contributed by atoms with E-state index in [0.717, 1.165) is 30.9 Å². The topological polar surface area (TPSA) is 101 Å². The number of piperidine rings is 1. The Labute approximate surface area is 245 Å². The van der Waals surface area contributed by atoms with Gasteiger partial charge in [0.1, 0.15) is 0 Å². The van der Waals surface area contributed by atoms with Crippen LogP contribution in [0.4, 0.5) is 11.4 Å². The maximum Gasteiger partial charge on any atom is 0.257 e. The molecule has 42 heavy (non-hydrogen) atoms. The van der Waals surface area contributed by atoms with Crippen LogP contribution in [-0.4, -0.2) is 44.8 Å². The fraction of sp³-hybridized carbons (Fsp3) is 0.200. The Kier molecular flexibility index (Phi) is 8.12. The van der Waals surface area contributed by atoms with Gasteiger partial charge in [-0.25, -0.2) is 4.99 Å². The van der Waals surface area contributed by atoms with Crippen LogP contribution in [0.2, 0.25) is 0 Å². The van der Waals surface area contributed by atoms with Gasteiger partial charge >= 0.3 is 0 Å². The van der Waals surface area contributed by atoms with E-state index >= 15 is 0 Å².